The molecule has 2 N–H and O–H groups in total. The summed E-state index contributed by atoms with van der Waals surface area (Å²) >= 11 is 0. The normalized spacial score (nSPS) is 15.2. The van der Waals surface area contributed by atoms with Gasteiger partial charge in [0.25, 0.3) is 11.8 Å². The average molecular weight is 411 g/mol. The predicted octanol–water partition coefficient (Wildman–Crippen LogP) is 2.21. The van der Waals surface area contributed by atoms with Crippen LogP contribution in [-0.4, -0.2) is 50.6 Å². The molecule has 30 heavy (non-hydrogen) atoms. The maximum absolute atomic E-state index is 12.6. The van der Waals surface area contributed by atoms with Gasteiger partial charge in [0.05, 0.1) is 23.5 Å². The highest BCUT2D eigenvalue weighted by Gasteiger charge is 2.31. The molecule has 0 bridgehead atoms. The summed E-state index contributed by atoms with van der Waals surface area (Å²) in [5, 5.41) is 5.51. The number of benzene rings is 2. The molecule has 1 aliphatic rings. The fourth-order valence-corrected chi connectivity index (χ4v) is 3.17. The second-order valence-corrected chi connectivity index (χ2v) is 6.81. The van der Waals surface area contributed by atoms with Crippen LogP contribution in [0, 0.1) is 0 Å². The first-order valence-corrected chi connectivity index (χ1v) is 9.74. The third-order valence-corrected chi connectivity index (χ3v) is 4.67. The molecule has 2 aromatic rings. The Morgan fingerprint density at radius 3 is 2.67 bits per heavy atom. The van der Waals surface area contributed by atoms with Crippen LogP contribution in [0.25, 0.3) is 0 Å². The van der Waals surface area contributed by atoms with Gasteiger partial charge in [-0.1, -0.05) is 24.3 Å². The molecule has 1 aliphatic heterocycles. The van der Waals surface area contributed by atoms with Gasteiger partial charge in [-0.2, -0.15) is 0 Å². The Kier molecular flexibility index (Phi) is 7.03. The lowest BCUT2D eigenvalue weighted by atomic mass is 10.1. The zero-order valence-electron chi connectivity index (χ0n) is 17.0. The molecule has 0 spiro atoms. The van der Waals surface area contributed by atoms with Crippen LogP contribution >= 0.6 is 0 Å². The van der Waals surface area contributed by atoms with E-state index in [1.807, 2.05) is 12.1 Å². The van der Waals surface area contributed by atoms with E-state index >= 15 is 0 Å². The summed E-state index contributed by atoms with van der Waals surface area (Å²) in [6.45, 7) is 2.66. The summed E-state index contributed by atoms with van der Waals surface area (Å²) in [6, 6.07) is 14.0. The summed E-state index contributed by atoms with van der Waals surface area (Å²) in [5.74, 6) is -0.173. The Hall–Kier alpha value is -3.39. The van der Waals surface area contributed by atoms with Crippen LogP contribution in [0.15, 0.2) is 48.5 Å². The van der Waals surface area contributed by atoms with E-state index in [0.717, 1.165) is 0 Å². The molecule has 8 heteroatoms. The summed E-state index contributed by atoms with van der Waals surface area (Å²) in [7, 11) is 1.55. The number of amides is 3. The van der Waals surface area contributed by atoms with Crippen molar-refractivity contribution in [2.45, 2.75) is 19.4 Å². The van der Waals surface area contributed by atoms with E-state index in [4.69, 9.17) is 9.47 Å². The van der Waals surface area contributed by atoms with Crippen molar-refractivity contribution in [3.63, 3.8) is 0 Å². The maximum atomic E-state index is 12.6. The zero-order chi connectivity index (χ0) is 21.5. The van der Waals surface area contributed by atoms with Crippen molar-refractivity contribution >= 4 is 29.1 Å². The number of carbonyl (C=O) groups excluding carboxylic acids is 3. The van der Waals surface area contributed by atoms with Gasteiger partial charge < -0.3 is 25.0 Å². The minimum Gasteiger partial charge on any atom is -0.479 e. The summed E-state index contributed by atoms with van der Waals surface area (Å²) in [4.78, 5) is 39.0. The Morgan fingerprint density at radius 1 is 1.13 bits per heavy atom. The van der Waals surface area contributed by atoms with Crippen LogP contribution in [0.2, 0.25) is 0 Å². The predicted molar refractivity (Wildman–Crippen MR) is 113 cm³/mol. The highest BCUT2D eigenvalue weighted by atomic mass is 16.5. The molecule has 1 unspecified atom stereocenters. The lowest BCUT2D eigenvalue weighted by molar-refractivity contribution is -0.125. The number of nitrogens with one attached hydrogen (secondary N) is 2. The first-order valence-electron chi connectivity index (χ1n) is 9.74. The van der Waals surface area contributed by atoms with Crippen LogP contribution in [0.3, 0.4) is 0 Å². The molecular formula is C22H25N3O5. The molecule has 1 heterocycles. The average Bonchev–Trinajstić information content (AvgIpc) is 2.74. The van der Waals surface area contributed by atoms with E-state index in [1.165, 1.54) is 0 Å². The van der Waals surface area contributed by atoms with E-state index in [2.05, 4.69) is 10.6 Å². The highest BCUT2D eigenvalue weighted by molar-refractivity contribution is 6.04. The zero-order valence-corrected chi connectivity index (χ0v) is 17.0. The largest absolute Gasteiger partial charge is 0.479 e. The first kappa shape index (κ1) is 21.3. The van der Waals surface area contributed by atoms with E-state index < -0.39 is 6.10 Å². The van der Waals surface area contributed by atoms with Gasteiger partial charge in [-0.3, -0.25) is 14.4 Å². The monoisotopic (exact) mass is 411 g/mol. The van der Waals surface area contributed by atoms with Crippen LogP contribution in [0.4, 0.5) is 11.4 Å². The van der Waals surface area contributed by atoms with Gasteiger partial charge in [0.15, 0.2) is 6.10 Å². The van der Waals surface area contributed by atoms with Crippen LogP contribution in [0.1, 0.15) is 23.7 Å². The van der Waals surface area contributed by atoms with Gasteiger partial charge in [0.2, 0.25) is 5.91 Å². The number of carbonyl (C=O) groups is 3. The van der Waals surface area contributed by atoms with Crippen molar-refractivity contribution in [3.05, 3.63) is 54.1 Å². The molecule has 3 rings (SSSR count). The molecule has 0 radical (unpaired) electrons. The number of rotatable bonds is 8. The molecule has 0 saturated heterocycles. The lowest BCUT2D eigenvalue weighted by Gasteiger charge is -2.32. The topological polar surface area (TPSA) is 97.0 Å². The fraction of sp³-hybridized carbons (Fsp3) is 0.318. The van der Waals surface area contributed by atoms with Gasteiger partial charge in [0.1, 0.15) is 5.75 Å². The molecule has 0 fully saturated rings. The maximum Gasteiger partial charge on any atom is 0.267 e. The highest BCUT2D eigenvalue weighted by Crippen LogP contribution is 2.33. The smallest absolute Gasteiger partial charge is 0.267 e. The van der Waals surface area contributed by atoms with Crippen LogP contribution in [-0.2, 0) is 14.3 Å². The van der Waals surface area contributed by atoms with Crippen molar-refractivity contribution in [1.29, 1.82) is 0 Å². The summed E-state index contributed by atoms with van der Waals surface area (Å²) < 4.78 is 10.5. The molecule has 1 atom stereocenters. The second kappa shape index (κ2) is 9.89. The molecule has 158 valence electrons. The summed E-state index contributed by atoms with van der Waals surface area (Å²) in [5.41, 5.74) is 1.43. The molecule has 0 aromatic heterocycles. The Bertz CT molecular complexity index is 930. The lowest BCUT2D eigenvalue weighted by Crippen LogP contribution is -2.45. The molecule has 0 aliphatic carbocycles. The Morgan fingerprint density at radius 2 is 1.87 bits per heavy atom. The number of anilines is 2. The summed E-state index contributed by atoms with van der Waals surface area (Å²) in [6.07, 6.45) is -0.536. The van der Waals surface area contributed by atoms with Gasteiger partial charge in [-0.05, 0) is 31.2 Å². The van der Waals surface area contributed by atoms with Gasteiger partial charge in [-0.25, -0.2) is 0 Å². The standard InChI is InChI=1S/C22H25N3O5/c1-15-22(28)25(18-9-5-6-10-19(18)30-15)13-11-20(26)24-17-8-4-3-7-16(17)21(27)23-12-14-29-2/h3-10,15H,11-14H2,1-2H3,(H,23,27)(H,24,26). The van der Waals surface area contributed by atoms with E-state index in [0.29, 0.717) is 35.8 Å². The molecule has 0 saturated carbocycles. The fourth-order valence-electron chi connectivity index (χ4n) is 3.17. The number of hydrogen-bond donors (Lipinski definition) is 2. The van der Waals surface area contributed by atoms with E-state index in [9.17, 15) is 14.4 Å². The second-order valence-electron chi connectivity index (χ2n) is 6.81. The van der Waals surface area contributed by atoms with Crippen LogP contribution in [0.5, 0.6) is 5.75 Å². The molecular weight excluding hydrogens is 386 g/mol. The first-order chi connectivity index (χ1) is 14.5. The van der Waals surface area contributed by atoms with Crippen molar-refractivity contribution in [3.8, 4) is 5.75 Å². The number of ether oxygens (including phenoxy) is 2. The molecule has 3 amide bonds. The Labute approximate surface area is 175 Å². The van der Waals surface area contributed by atoms with Gasteiger partial charge in [0, 0.05) is 26.6 Å². The third-order valence-electron chi connectivity index (χ3n) is 4.67. The molecule has 2 aromatic carbocycles. The number of hydrogen-bond acceptors (Lipinski definition) is 5. The third kappa shape index (κ3) is 4.96. The van der Waals surface area contributed by atoms with E-state index in [-0.39, 0.29) is 30.7 Å². The van der Waals surface area contributed by atoms with Gasteiger partial charge in [-0.15, -0.1) is 0 Å². The van der Waals surface area contributed by atoms with Crippen LogP contribution < -0.4 is 20.3 Å². The Balaban J connectivity index is 1.64. The van der Waals surface area contributed by atoms with Crippen molar-refractivity contribution < 1.29 is 23.9 Å². The minimum absolute atomic E-state index is 0.0758. The minimum atomic E-state index is -0.612. The van der Waals surface area contributed by atoms with Crippen molar-refractivity contribution in [2.24, 2.45) is 0 Å². The van der Waals surface area contributed by atoms with Gasteiger partial charge >= 0.3 is 0 Å². The van der Waals surface area contributed by atoms with Crippen molar-refractivity contribution in [1.82, 2.24) is 5.32 Å². The SMILES string of the molecule is COCCNC(=O)c1ccccc1NC(=O)CCN1C(=O)C(C)Oc2ccccc21. The van der Waals surface area contributed by atoms with E-state index in [1.54, 1.807) is 55.3 Å². The number of fused-ring (bicyclic) bond motifs is 1. The number of nitrogens with zero attached hydrogens (tertiary/aromatic N) is 1. The quantitative estimate of drug-likeness (QED) is 0.649. The number of methoxy groups -OCH3 is 1. The number of para-hydroxylation sites is 3. The molecule has 8 nitrogen and oxygen atoms in total. The van der Waals surface area contributed by atoms with Crippen molar-refractivity contribution in [2.75, 3.05) is 37.0 Å².